The van der Waals surface area contributed by atoms with Gasteiger partial charge in [-0.3, -0.25) is 0 Å². The molecule has 0 bridgehead atoms. The number of aliphatic hydroxyl groups is 1. The molecule has 2 fully saturated rings. The van der Waals surface area contributed by atoms with Gasteiger partial charge in [0.1, 0.15) is 12.4 Å². The summed E-state index contributed by atoms with van der Waals surface area (Å²) in [7, 11) is 4.91. The Hall–Kier alpha value is -3.26. The van der Waals surface area contributed by atoms with Crippen LogP contribution in [0.2, 0.25) is 0 Å². The Morgan fingerprint density at radius 3 is 1.86 bits per heavy atom. The second-order valence-corrected chi connectivity index (χ2v) is 9.53. The van der Waals surface area contributed by atoms with Gasteiger partial charge in [0.05, 0.1) is 53.4 Å². The molecule has 37 heavy (non-hydrogen) atoms. The highest BCUT2D eigenvalue weighted by Gasteiger charge is 2.48. The van der Waals surface area contributed by atoms with Gasteiger partial charge in [0.25, 0.3) is 0 Å². The number of rotatable bonds is 9. The number of methoxy groups -OCH3 is 3. The van der Waals surface area contributed by atoms with Crippen LogP contribution in [0, 0.1) is 18.8 Å². The van der Waals surface area contributed by atoms with E-state index in [9.17, 15) is 5.11 Å². The first-order valence-corrected chi connectivity index (χ1v) is 12.5. The van der Waals surface area contributed by atoms with Gasteiger partial charge >= 0.3 is 0 Å². The van der Waals surface area contributed by atoms with E-state index in [1.165, 1.54) is 0 Å². The summed E-state index contributed by atoms with van der Waals surface area (Å²) in [5, 5.41) is 9.85. The van der Waals surface area contributed by atoms with Crippen LogP contribution in [0.15, 0.2) is 54.6 Å². The maximum atomic E-state index is 9.85. The summed E-state index contributed by atoms with van der Waals surface area (Å²) in [5.41, 5.74) is 4.82. The van der Waals surface area contributed by atoms with Crippen LogP contribution < -0.4 is 18.9 Å². The standard InChI is InChI=1S/C30H34O7/c1-18-22(14-31)10-20(11-25(18)32-2)28-23-16-37-29(24(23)17-36-28)21-12-26(33-3)30(27(13-21)34-4)35-15-19-8-6-5-7-9-19/h5-13,23-24,28-29,31H,14-17H2,1-4H3/t23-,24-,28+,29+/m1/s1. The van der Waals surface area contributed by atoms with E-state index >= 15 is 0 Å². The summed E-state index contributed by atoms with van der Waals surface area (Å²) in [6, 6.07) is 18.0. The molecule has 196 valence electrons. The number of fused-ring (bicyclic) bond motifs is 1. The van der Waals surface area contributed by atoms with Crippen molar-refractivity contribution in [3.63, 3.8) is 0 Å². The number of ether oxygens (including phenoxy) is 6. The summed E-state index contributed by atoms with van der Waals surface area (Å²) in [5.74, 6) is 2.86. The minimum Gasteiger partial charge on any atom is -0.496 e. The zero-order valence-electron chi connectivity index (χ0n) is 21.7. The molecule has 4 atom stereocenters. The SMILES string of the molecule is COc1cc([C@@H]2OC[C@@H]3[C@H]2CO[C@H]3c2cc(OC)c(OCc3ccccc3)c(OC)c2)cc(CO)c1C. The molecule has 3 aromatic rings. The summed E-state index contributed by atoms with van der Waals surface area (Å²) in [6.07, 6.45) is -0.294. The van der Waals surface area contributed by atoms with Crippen molar-refractivity contribution >= 4 is 0 Å². The maximum absolute atomic E-state index is 9.85. The molecule has 7 nitrogen and oxygen atoms in total. The van der Waals surface area contributed by atoms with E-state index in [4.69, 9.17) is 28.4 Å². The lowest BCUT2D eigenvalue weighted by Crippen LogP contribution is -2.15. The Bertz CT molecular complexity index is 1180. The molecule has 3 aromatic carbocycles. The predicted octanol–water partition coefficient (Wildman–Crippen LogP) is 5.17. The number of aliphatic hydroxyl groups excluding tert-OH is 1. The maximum Gasteiger partial charge on any atom is 0.203 e. The van der Waals surface area contributed by atoms with Crippen molar-refractivity contribution in [2.75, 3.05) is 34.5 Å². The third-order valence-electron chi connectivity index (χ3n) is 7.51. The van der Waals surface area contributed by atoms with Crippen LogP contribution in [0.3, 0.4) is 0 Å². The van der Waals surface area contributed by atoms with Gasteiger partial charge in [0, 0.05) is 11.8 Å². The van der Waals surface area contributed by atoms with Crippen LogP contribution in [0.25, 0.3) is 0 Å². The van der Waals surface area contributed by atoms with Crippen LogP contribution in [-0.2, 0) is 22.7 Å². The molecular formula is C30H34O7. The second-order valence-electron chi connectivity index (χ2n) is 9.53. The molecule has 2 saturated heterocycles. The summed E-state index contributed by atoms with van der Waals surface area (Å²) >= 11 is 0. The molecule has 2 heterocycles. The highest BCUT2D eigenvalue weighted by atomic mass is 16.5. The van der Waals surface area contributed by atoms with Crippen molar-refractivity contribution in [1.29, 1.82) is 0 Å². The lowest BCUT2D eigenvalue weighted by atomic mass is 9.84. The van der Waals surface area contributed by atoms with E-state index < -0.39 is 0 Å². The first kappa shape index (κ1) is 25.4. The van der Waals surface area contributed by atoms with Crippen molar-refractivity contribution in [1.82, 2.24) is 0 Å². The first-order valence-electron chi connectivity index (χ1n) is 12.5. The van der Waals surface area contributed by atoms with Crippen molar-refractivity contribution in [3.8, 4) is 23.0 Å². The molecule has 0 spiro atoms. The van der Waals surface area contributed by atoms with Gasteiger partial charge in [0.2, 0.25) is 5.75 Å². The molecule has 1 N–H and O–H groups in total. The Labute approximate surface area is 217 Å². The van der Waals surface area contributed by atoms with E-state index in [1.807, 2.05) is 61.5 Å². The summed E-state index contributed by atoms with van der Waals surface area (Å²) in [4.78, 5) is 0. The van der Waals surface area contributed by atoms with E-state index in [0.717, 1.165) is 33.6 Å². The number of hydrogen-bond donors (Lipinski definition) is 1. The molecule has 0 amide bonds. The third kappa shape index (κ3) is 4.87. The fourth-order valence-electron chi connectivity index (χ4n) is 5.48. The molecular weight excluding hydrogens is 472 g/mol. The van der Waals surface area contributed by atoms with E-state index in [1.54, 1.807) is 21.3 Å². The smallest absolute Gasteiger partial charge is 0.203 e. The minimum atomic E-state index is -0.161. The highest BCUT2D eigenvalue weighted by Crippen LogP contribution is 2.52. The van der Waals surface area contributed by atoms with Crippen molar-refractivity contribution in [3.05, 3.63) is 82.4 Å². The normalized spacial score (nSPS) is 22.5. The number of benzene rings is 3. The number of hydrogen-bond acceptors (Lipinski definition) is 7. The molecule has 2 aliphatic rings. The van der Waals surface area contributed by atoms with Gasteiger partial charge in [-0.05, 0) is 52.9 Å². The van der Waals surface area contributed by atoms with E-state index in [2.05, 4.69) is 0 Å². The molecule has 0 radical (unpaired) electrons. The minimum absolute atomic E-state index is 0.0474. The zero-order chi connectivity index (χ0) is 25.9. The average Bonchev–Trinajstić information content (AvgIpc) is 3.55. The fourth-order valence-corrected chi connectivity index (χ4v) is 5.48. The lowest BCUT2D eigenvalue weighted by molar-refractivity contribution is 0.0190. The van der Waals surface area contributed by atoms with E-state index in [0.29, 0.717) is 37.1 Å². The van der Waals surface area contributed by atoms with Gasteiger partial charge in [-0.2, -0.15) is 0 Å². The Morgan fingerprint density at radius 1 is 0.784 bits per heavy atom. The van der Waals surface area contributed by atoms with Crippen LogP contribution in [-0.4, -0.2) is 39.6 Å². The van der Waals surface area contributed by atoms with E-state index in [-0.39, 0.29) is 30.7 Å². The fraction of sp³-hybridized carbons (Fsp3) is 0.400. The monoisotopic (exact) mass is 506 g/mol. The van der Waals surface area contributed by atoms with Gasteiger partial charge in [-0.1, -0.05) is 36.4 Å². The molecule has 0 aromatic heterocycles. The van der Waals surface area contributed by atoms with Gasteiger partial charge in [-0.25, -0.2) is 0 Å². The van der Waals surface area contributed by atoms with Gasteiger partial charge in [-0.15, -0.1) is 0 Å². The largest absolute Gasteiger partial charge is 0.496 e. The Morgan fingerprint density at radius 2 is 1.32 bits per heavy atom. The van der Waals surface area contributed by atoms with Crippen LogP contribution in [0.4, 0.5) is 0 Å². The zero-order valence-corrected chi connectivity index (χ0v) is 21.7. The predicted molar refractivity (Wildman–Crippen MR) is 138 cm³/mol. The van der Waals surface area contributed by atoms with Crippen LogP contribution in [0.1, 0.15) is 40.0 Å². The molecule has 0 saturated carbocycles. The second kappa shape index (κ2) is 11.0. The highest BCUT2D eigenvalue weighted by molar-refractivity contribution is 5.54. The van der Waals surface area contributed by atoms with Gasteiger partial charge in [0.15, 0.2) is 11.5 Å². The molecule has 0 unspecified atom stereocenters. The van der Waals surface area contributed by atoms with Crippen molar-refractivity contribution in [2.45, 2.75) is 32.3 Å². The lowest BCUT2D eigenvalue weighted by Gasteiger charge is -2.21. The van der Waals surface area contributed by atoms with Crippen molar-refractivity contribution in [2.24, 2.45) is 11.8 Å². The Kier molecular flexibility index (Phi) is 7.55. The first-order chi connectivity index (χ1) is 18.1. The molecule has 5 rings (SSSR count). The Balaban J connectivity index is 1.39. The van der Waals surface area contributed by atoms with Gasteiger partial charge < -0.3 is 33.5 Å². The summed E-state index contributed by atoms with van der Waals surface area (Å²) in [6.45, 7) is 3.45. The van der Waals surface area contributed by atoms with Crippen LogP contribution in [0.5, 0.6) is 23.0 Å². The van der Waals surface area contributed by atoms with Crippen molar-refractivity contribution < 1.29 is 33.5 Å². The summed E-state index contributed by atoms with van der Waals surface area (Å²) < 4.78 is 35.8. The molecule has 0 aliphatic carbocycles. The third-order valence-corrected chi connectivity index (χ3v) is 7.51. The quantitative estimate of drug-likeness (QED) is 0.429. The molecule has 2 aliphatic heterocycles. The molecule has 7 heteroatoms. The topological polar surface area (TPSA) is 75.6 Å². The average molecular weight is 507 g/mol. The van der Waals surface area contributed by atoms with Crippen LogP contribution >= 0.6 is 0 Å².